The smallest absolute Gasteiger partial charge is 0.404 e. The van der Waals surface area contributed by atoms with E-state index in [-0.39, 0.29) is 23.8 Å². The number of likely N-dealkylation sites (tertiary alicyclic amines) is 1. The van der Waals surface area contributed by atoms with E-state index in [9.17, 15) is 23.1 Å². The number of aliphatic hydroxyl groups excluding tert-OH is 1. The number of para-hydroxylation sites is 2. The maximum Gasteiger partial charge on any atom is 0.573 e. The Kier molecular flexibility index (Phi) is 5.40. The van der Waals surface area contributed by atoms with Gasteiger partial charge in [0.15, 0.2) is 5.75 Å². The highest BCUT2D eigenvalue weighted by atomic mass is 19.4. The number of benzene rings is 1. The van der Waals surface area contributed by atoms with Crippen LogP contribution in [0.2, 0.25) is 0 Å². The highest BCUT2D eigenvalue weighted by Gasteiger charge is 2.51. The van der Waals surface area contributed by atoms with Crippen molar-refractivity contribution in [3.63, 3.8) is 0 Å². The van der Waals surface area contributed by atoms with Gasteiger partial charge < -0.3 is 19.6 Å². The molecule has 1 spiro atoms. The molecule has 0 bridgehead atoms. The summed E-state index contributed by atoms with van der Waals surface area (Å²) in [6.07, 6.45) is 0.279. The molecule has 0 aromatic heterocycles. The first-order valence-corrected chi connectivity index (χ1v) is 10.4. The molecular weight excluding hydrogens is 385 g/mol. The Labute approximate surface area is 168 Å². The van der Waals surface area contributed by atoms with Crippen molar-refractivity contribution in [3.8, 4) is 5.75 Å². The van der Waals surface area contributed by atoms with Gasteiger partial charge in [-0.2, -0.15) is 0 Å². The molecule has 1 aliphatic carbocycles. The maximum atomic E-state index is 13.4. The molecule has 1 amide bonds. The summed E-state index contributed by atoms with van der Waals surface area (Å²) in [5, 5.41) is 9.74. The molecule has 2 heterocycles. The van der Waals surface area contributed by atoms with Crippen molar-refractivity contribution in [3.05, 3.63) is 24.3 Å². The molecule has 29 heavy (non-hydrogen) atoms. The SMILES string of the molecule is O=C1N(C2CCC(O)CC2)CC[C@@]12CCCN(c1ccccc1OC(F)(F)F)C2. The first-order valence-electron chi connectivity index (χ1n) is 10.4. The summed E-state index contributed by atoms with van der Waals surface area (Å²) in [7, 11) is 0. The van der Waals surface area contributed by atoms with Crippen LogP contribution in [0.3, 0.4) is 0 Å². The van der Waals surface area contributed by atoms with Crippen molar-refractivity contribution >= 4 is 11.6 Å². The summed E-state index contributed by atoms with van der Waals surface area (Å²) < 4.78 is 42.7. The molecule has 1 N–H and O–H groups in total. The second-order valence-corrected chi connectivity index (χ2v) is 8.53. The van der Waals surface area contributed by atoms with Gasteiger partial charge in [-0.05, 0) is 57.1 Å². The fourth-order valence-corrected chi connectivity index (χ4v) is 5.21. The van der Waals surface area contributed by atoms with Crippen LogP contribution < -0.4 is 9.64 Å². The van der Waals surface area contributed by atoms with Gasteiger partial charge in [0.1, 0.15) is 0 Å². The van der Waals surface area contributed by atoms with E-state index >= 15 is 0 Å². The van der Waals surface area contributed by atoms with Crippen LogP contribution in [0.15, 0.2) is 24.3 Å². The number of nitrogens with zero attached hydrogens (tertiary/aromatic N) is 2. The van der Waals surface area contributed by atoms with Gasteiger partial charge in [0.25, 0.3) is 0 Å². The Morgan fingerprint density at radius 2 is 1.79 bits per heavy atom. The molecule has 1 saturated carbocycles. The molecule has 1 atom stereocenters. The van der Waals surface area contributed by atoms with Crippen molar-refractivity contribution in [1.29, 1.82) is 0 Å². The number of carbonyl (C=O) groups excluding carboxylic acids is 1. The Bertz CT molecular complexity index is 749. The van der Waals surface area contributed by atoms with Crippen molar-refractivity contribution in [1.82, 2.24) is 4.90 Å². The van der Waals surface area contributed by atoms with Gasteiger partial charge in [-0.15, -0.1) is 13.2 Å². The number of carbonyl (C=O) groups is 1. The van der Waals surface area contributed by atoms with E-state index in [1.807, 2.05) is 9.80 Å². The lowest BCUT2D eigenvalue weighted by Gasteiger charge is -2.41. The third-order valence-electron chi connectivity index (χ3n) is 6.66. The van der Waals surface area contributed by atoms with Gasteiger partial charge >= 0.3 is 6.36 Å². The number of rotatable bonds is 3. The normalized spacial score (nSPS) is 30.8. The first-order chi connectivity index (χ1) is 13.8. The van der Waals surface area contributed by atoms with Crippen molar-refractivity contribution in [2.75, 3.05) is 24.5 Å². The molecular formula is C21H27F3N2O3. The Balaban J connectivity index is 1.51. The summed E-state index contributed by atoms with van der Waals surface area (Å²) in [4.78, 5) is 17.2. The lowest BCUT2D eigenvalue weighted by Crippen LogP contribution is -2.50. The number of amides is 1. The lowest BCUT2D eigenvalue weighted by atomic mass is 9.78. The van der Waals surface area contributed by atoms with Crippen LogP contribution >= 0.6 is 0 Å². The fraction of sp³-hybridized carbons (Fsp3) is 0.667. The van der Waals surface area contributed by atoms with E-state index in [1.54, 1.807) is 12.1 Å². The Hall–Kier alpha value is -1.96. The minimum absolute atomic E-state index is 0.123. The Morgan fingerprint density at radius 1 is 1.07 bits per heavy atom. The standard InChI is InChI=1S/C21H27F3N2O3/c22-21(23,24)29-18-5-2-1-4-17(18)25-12-3-10-20(14-25)11-13-26(19(20)28)15-6-8-16(27)9-7-15/h1-2,4-5,15-16,27H,3,6-14H2/t15?,16?,20-/m1/s1. The zero-order valence-corrected chi connectivity index (χ0v) is 16.3. The lowest BCUT2D eigenvalue weighted by molar-refractivity contribution is -0.274. The van der Waals surface area contributed by atoms with Gasteiger partial charge in [-0.25, -0.2) is 0 Å². The molecule has 2 saturated heterocycles. The quantitative estimate of drug-likeness (QED) is 0.823. The summed E-state index contributed by atoms with van der Waals surface area (Å²) in [6, 6.07) is 6.32. The van der Waals surface area contributed by atoms with Crippen LogP contribution in [0.4, 0.5) is 18.9 Å². The topological polar surface area (TPSA) is 53.0 Å². The summed E-state index contributed by atoms with van der Waals surface area (Å²) >= 11 is 0. The van der Waals surface area contributed by atoms with Gasteiger partial charge in [-0.1, -0.05) is 12.1 Å². The monoisotopic (exact) mass is 412 g/mol. The van der Waals surface area contributed by atoms with E-state index in [4.69, 9.17) is 0 Å². The number of alkyl halides is 3. The van der Waals surface area contributed by atoms with Crippen LogP contribution in [0, 0.1) is 5.41 Å². The number of piperidine rings is 1. The Morgan fingerprint density at radius 3 is 2.52 bits per heavy atom. The summed E-state index contributed by atoms with van der Waals surface area (Å²) in [6.45, 7) is 1.70. The van der Waals surface area contributed by atoms with Gasteiger partial charge in [0.05, 0.1) is 17.2 Å². The van der Waals surface area contributed by atoms with Crippen molar-refractivity contribution in [2.24, 2.45) is 5.41 Å². The number of hydrogen-bond donors (Lipinski definition) is 1. The molecule has 1 aromatic carbocycles. The maximum absolute atomic E-state index is 13.4. The number of halogens is 3. The summed E-state index contributed by atoms with van der Waals surface area (Å²) in [5.41, 5.74) is -0.157. The van der Waals surface area contributed by atoms with Crippen LogP contribution in [-0.2, 0) is 4.79 Å². The third kappa shape index (κ3) is 4.17. The molecule has 1 aromatic rings. The molecule has 3 fully saturated rings. The van der Waals surface area contributed by atoms with Crippen LogP contribution in [0.25, 0.3) is 0 Å². The third-order valence-corrected chi connectivity index (χ3v) is 6.66. The molecule has 4 rings (SSSR count). The second-order valence-electron chi connectivity index (χ2n) is 8.53. The molecule has 0 unspecified atom stereocenters. The summed E-state index contributed by atoms with van der Waals surface area (Å²) in [5.74, 6) is -0.0987. The molecule has 160 valence electrons. The minimum atomic E-state index is -4.75. The molecule has 8 heteroatoms. The van der Waals surface area contributed by atoms with Crippen LogP contribution in [-0.4, -0.2) is 54.1 Å². The van der Waals surface area contributed by atoms with Crippen LogP contribution in [0.5, 0.6) is 5.75 Å². The zero-order chi connectivity index (χ0) is 20.6. The first kappa shape index (κ1) is 20.3. The highest BCUT2D eigenvalue weighted by Crippen LogP contribution is 2.45. The second kappa shape index (κ2) is 7.70. The molecule has 3 aliphatic rings. The van der Waals surface area contributed by atoms with E-state index in [1.165, 1.54) is 12.1 Å². The molecule has 5 nitrogen and oxygen atoms in total. The zero-order valence-electron chi connectivity index (χ0n) is 16.3. The van der Waals surface area contributed by atoms with E-state index < -0.39 is 11.8 Å². The van der Waals surface area contributed by atoms with Crippen molar-refractivity contribution < 1.29 is 27.8 Å². The molecule has 0 radical (unpaired) electrons. The van der Waals surface area contributed by atoms with Gasteiger partial charge in [-0.3, -0.25) is 4.79 Å². The van der Waals surface area contributed by atoms with Crippen LogP contribution in [0.1, 0.15) is 44.9 Å². The van der Waals surface area contributed by atoms with Gasteiger partial charge in [0, 0.05) is 25.7 Å². The largest absolute Gasteiger partial charge is 0.573 e. The van der Waals surface area contributed by atoms with E-state index in [0.29, 0.717) is 25.3 Å². The number of hydrogen-bond acceptors (Lipinski definition) is 4. The number of anilines is 1. The predicted octanol–water partition coefficient (Wildman–Crippen LogP) is 3.71. The fourth-order valence-electron chi connectivity index (χ4n) is 5.21. The minimum Gasteiger partial charge on any atom is -0.404 e. The van der Waals surface area contributed by atoms with Crippen molar-refractivity contribution in [2.45, 2.75) is 63.5 Å². The van der Waals surface area contributed by atoms with E-state index in [0.717, 1.165) is 44.9 Å². The average Bonchev–Trinajstić information content (AvgIpc) is 2.98. The number of ether oxygens (including phenoxy) is 1. The predicted molar refractivity (Wildman–Crippen MR) is 102 cm³/mol. The highest BCUT2D eigenvalue weighted by molar-refractivity contribution is 5.86. The number of aliphatic hydroxyl groups is 1. The average molecular weight is 412 g/mol. The molecule has 2 aliphatic heterocycles. The van der Waals surface area contributed by atoms with Gasteiger partial charge in [0.2, 0.25) is 5.91 Å². The van der Waals surface area contributed by atoms with E-state index in [2.05, 4.69) is 4.74 Å².